The molecule has 2 fully saturated rings. The van der Waals surface area contributed by atoms with Gasteiger partial charge >= 0.3 is 5.97 Å². The summed E-state index contributed by atoms with van der Waals surface area (Å²) in [5.41, 5.74) is -1.89. The fourth-order valence-electron chi connectivity index (χ4n) is 4.45. The first kappa shape index (κ1) is 18.7. The third kappa shape index (κ3) is 2.68. The molecular formula is C21H16F3N3O3. The van der Waals surface area contributed by atoms with Crippen molar-refractivity contribution in [1.29, 1.82) is 0 Å². The molecule has 1 aromatic carbocycles. The van der Waals surface area contributed by atoms with Crippen molar-refractivity contribution in [2.75, 3.05) is 18.0 Å². The third-order valence-electron chi connectivity index (χ3n) is 6.23. The van der Waals surface area contributed by atoms with Crippen molar-refractivity contribution in [1.82, 2.24) is 9.55 Å². The van der Waals surface area contributed by atoms with Gasteiger partial charge in [-0.25, -0.2) is 22.9 Å². The lowest BCUT2D eigenvalue weighted by atomic mass is 10.1. The number of hydrogen-bond donors (Lipinski definition) is 1. The smallest absolute Gasteiger partial charge is 0.341 e. The monoisotopic (exact) mass is 415 g/mol. The van der Waals surface area contributed by atoms with Crippen molar-refractivity contribution >= 4 is 22.8 Å². The molecule has 3 aromatic rings. The summed E-state index contributed by atoms with van der Waals surface area (Å²) in [4.78, 5) is 30.2. The van der Waals surface area contributed by atoms with Gasteiger partial charge in [0.1, 0.15) is 17.2 Å². The van der Waals surface area contributed by atoms with E-state index in [1.54, 1.807) is 4.90 Å². The molecule has 2 aromatic heterocycles. The number of nitrogens with zero attached hydrogens (tertiary/aromatic N) is 3. The average Bonchev–Trinajstić information content (AvgIpc) is 3.10. The molecule has 154 valence electrons. The zero-order valence-electron chi connectivity index (χ0n) is 15.8. The molecule has 2 aliphatic rings. The maximum Gasteiger partial charge on any atom is 0.341 e. The van der Waals surface area contributed by atoms with Crippen LogP contribution < -0.4 is 10.3 Å². The summed E-state index contributed by atoms with van der Waals surface area (Å²) >= 11 is 0. The van der Waals surface area contributed by atoms with Crippen LogP contribution in [-0.2, 0) is 0 Å². The second kappa shape index (κ2) is 6.32. The maximum absolute atomic E-state index is 14.9. The van der Waals surface area contributed by atoms with Gasteiger partial charge in [0.15, 0.2) is 17.3 Å². The van der Waals surface area contributed by atoms with Crippen LogP contribution in [0.4, 0.5) is 19.0 Å². The van der Waals surface area contributed by atoms with E-state index < -0.39 is 34.4 Å². The molecule has 30 heavy (non-hydrogen) atoms. The lowest BCUT2D eigenvalue weighted by molar-refractivity contribution is 0.0695. The first-order valence-electron chi connectivity index (χ1n) is 9.46. The second-order valence-corrected chi connectivity index (χ2v) is 7.90. The minimum absolute atomic E-state index is 0.0284. The molecule has 2 unspecified atom stereocenters. The average molecular weight is 415 g/mol. The van der Waals surface area contributed by atoms with Crippen LogP contribution >= 0.6 is 0 Å². The van der Waals surface area contributed by atoms with Gasteiger partial charge < -0.3 is 10.0 Å². The molecular weight excluding hydrogens is 399 g/mol. The Morgan fingerprint density at radius 1 is 1.13 bits per heavy atom. The van der Waals surface area contributed by atoms with Crippen LogP contribution in [0.25, 0.3) is 16.7 Å². The Kier molecular flexibility index (Phi) is 3.93. The Hall–Kier alpha value is -3.36. The lowest BCUT2D eigenvalue weighted by Crippen LogP contribution is -2.27. The number of fused-ring (bicyclic) bond motifs is 2. The third-order valence-corrected chi connectivity index (χ3v) is 6.23. The van der Waals surface area contributed by atoms with E-state index in [0.29, 0.717) is 36.9 Å². The normalized spacial score (nSPS) is 22.4. The molecule has 0 bridgehead atoms. The number of anilines is 1. The first-order chi connectivity index (χ1) is 14.3. The quantitative estimate of drug-likeness (QED) is 0.711. The fourth-order valence-corrected chi connectivity index (χ4v) is 4.45. The van der Waals surface area contributed by atoms with E-state index >= 15 is 0 Å². The molecule has 9 heteroatoms. The fraction of sp³-hybridized carbons (Fsp3) is 0.286. The van der Waals surface area contributed by atoms with Crippen LogP contribution in [0.15, 0.2) is 35.3 Å². The van der Waals surface area contributed by atoms with Crippen LogP contribution in [0.5, 0.6) is 0 Å². The number of aromatic nitrogens is 2. The van der Waals surface area contributed by atoms with E-state index in [1.807, 2.05) is 0 Å². The van der Waals surface area contributed by atoms with Gasteiger partial charge in [0.25, 0.3) is 0 Å². The Bertz CT molecular complexity index is 1280. The van der Waals surface area contributed by atoms with Gasteiger partial charge in [-0.2, -0.15) is 0 Å². The minimum atomic E-state index is -1.55. The first-order valence-corrected chi connectivity index (χ1v) is 9.46. The number of piperidine rings is 1. The molecule has 6 nitrogen and oxygen atoms in total. The van der Waals surface area contributed by atoms with Gasteiger partial charge in [0.05, 0.1) is 11.1 Å². The molecule has 1 saturated carbocycles. The number of carbonyl (C=O) groups is 1. The number of halogens is 3. The summed E-state index contributed by atoms with van der Waals surface area (Å²) in [5, 5.41) is 9.08. The topological polar surface area (TPSA) is 75.4 Å². The van der Waals surface area contributed by atoms with Crippen LogP contribution in [0.1, 0.15) is 17.3 Å². The molecule has 1 aliphatic carbocycles. The van der Waals surface area contributed by atoms with Crippen molar-refractivity contribution in [3.8, 4) is 5.69 Å². The molecule has 1 aliphatic heterocycles. The van der Waals surface area contributed by atoms with Crippen LogP contribution in [-0.4, -0.2) is 33.7 Å². The molecule has 0 spiro atoms. The summed E-state index contributed by atoms with van der Waals surface area (Å²) in [6.07, 6.45) is 0.932. The van der Waals surface area contributed by atoms with Gasteiger partial charge in [-0.05, 0) is 36.0 Å². The van der Waals surface area contributed by atoms with Gasteiger partial charge in [0.2, 0.25) is 5.43 Å². The molecule has 1 N–H and O–H groups in total. The number of carboxylic acids is 1. The van der Waals surface area contributed by atoms with Crippen molar-refractivity contribution in [2.24, 2.45) is 17.8 Å². The zero-order valence-corrected chi connectivity index (χ0v) is 15.8. The maximum atomic E-state index is 14.9. The zero-order chi connectivity index (χ0) is 21.3. The number of carboxylic acid groups (broad SMARTS) is 1. The van der Waals surface area contributed by atoms with Crippen molar-refractivity contribution < 1.29 is 23.1 Å². The molecule has 3 heterocycles. The van der Waals surface area contributed by atoms with Crippen LogP contribution in [0.3, 0.4) is 0 Å². The highest BCUT2D eigenvalue weighted by Gasteiger charge is 2.53. The van der Waals surface area contributed by atoms with E-state index in [1.165, 1.54) is 0 Å². The Labute approximate surface area is 168 Å². The summed E-state index contributed by atoms with van der Waals surface area (Å²) in [5.74, 6) is -2.54. The summed E-state index contributed by atoms with van der Waals surface area (Å²) in [6.45, 7) is 3.40. The molecule has 1 saturated heterocycles. The molecule has 2 atom stereocenters. The van der Waals surface area contributed by atoms with Crippen molar-refractivity contribution in [3.63, 3.8) is 0 Å². The lowest BCUT2D eigenvalue weighted by Gasteiger charge is -2.22. The highest BCUT2D eigenvalue weighted by atomic mass is 19.1. The van der Waals surface area contributed by atoms with E-state index in [9.17, 15) is 27.9 Å². The van der Waals surface area contributed by atoms with E-state index in [4.69, 9.17) is 0 Å². The number of hydrogen-bond acceptors (Lipinski definition) is 4. The van der Waals surface area contributed by atoms with Gasteiger partial charge in [0, 0.05) is 25.4 Å². The van der Waals surface area contributed by atoms with Crippen LogP contribution in [0, 0.1) is 35.2 Å². The van der Waals surface area contributed by atoms with Gasteiger partial charge in [-0.3, -0.25) is 9.36 Å². The summed E-state index contributed by atoms with van der Waals surface area (Å²) < 4.78 is 43.8. The van der Waals surface area contributed by atoms with E-state index in [0.717, 1.165) is 29.0 Å². The number of benzene rings is 1. The Morgan fingerprint density at radius 2 is 1.83 bits per heavy atom. The standard InChI is InChI=1S/C21H16F3N3O3/c1-9-12-6-26(7-13(9)12)20-16(24)5-11-18(28)14(21(29)30)8-27(19(11)25-20)17-3-2-10(22)4-15(17)23/h2-5,8-9,12-13H,6-7H2,1H3,(H,29,30). The van der Waals surface area contributed by atoms with Crippen molar-refractivity contribution in [2.45, 2.75) is 6.92 Å². The summed E-state index contributed by atoms with van der Waals surface area (Å²) in [6, 6.07) is 3.69. The highest BCUT2D eigenvalue weighted by molar-refractivity contribution is 5.92. The number of pyridine rings is 2. The largest absolute Gasteiger partial charge is 0.477 e. The SMILES string of the molecule is CC1C2CN(c3nc4c(cc3F)c(=O)c(C(=O)O)cn4-c3ccc(F)cc3F)CC12. The molecule has 0 amide bonds. The Morgan fingerprint density at radius 3 is 2.47 bits per heavy atom. The predicted octanol–water partition coefficient (Wildman–Crippen LogP) is 3.20. The Balaban J connectivity index is 1.76. The van der Waals surface area contributed by atoms with Gasteiger partial charge in [-0.15, -0.1) is 0 Å². The second-order valence-electron chi connectivity index (χ2n) is 7.90. The van der Waals surface area contributed by atoms with Gasteiger partial charge in [-0.1, -0.05) is 6.92 Å². The number of aromatic carboxylic acids is 1. The molecule has 5 rings (SSSR count). The van der Waals surface area contributed by atoms with Crippen molar-refractivity contribution in [3.05, 3.63) is 63.7 Å². The molecule has 0 radical (unpaired) electrons. The minimum Gasteiger partial charge on any atom is -0.477 e. The summed E-state index contributed by atoms with van der Waals surface area (Å²) in [7, 11) is 0. The van der Waals surface area contributed by atoms with E-state index in [2.05, 4.69) is 11.9 Å². The van der Waals surface area contributed by atoms with E-state index in [-0.39, 0.29) is 22.5 Å². The van der Waals surface area contributed by atoms with Crippen LogP contribution in [0.2, 0.25) is 0 Å². The predicted molar refractivity (Wildman–Crippen MR) is 103 cm³/mol. The number of rotatable bonds is 3. The highest BCUT2D eigenvalue weighted by Crippen LogP contribution is 2.52.